The molecule has 0 unspecified atom stereocenters. The smallest absolute Gasteiger partial charge is 0.272 e. The Labute approximate surface area is 142 Å². The van der Waals surface area contributed by atoms with Gasteiger partial charge in [-0.3, -0.25) is 15.0 Å². The molecule has 2 rings (SSSR count). The van der Waals surface area contributed by atoms with E-state index in [9.17, 15) is 10.1 Å². The highest BCUT2D eigenvalue weighted by Crippen LogP contribution is 2.22. The summed E-state index contributed by atoms with van der Waals surface area (Å²) < 4.78 is 0. The minimum Gasteiger partial charge on any atom is -0.329 e. The molecule has 0 fully saturated rings. The van der Waals surface area contributed by atoms with E-state index in [0.717, 1.165) is 24.2 Å². The first-order valence-corrected chi connectivity index (χ1v) is 7.31. The van der Waals surface area contributed by atoms with E-state index in [1.165, 1.54) is 5.56 Å². The highest BCUT2D eigenvalue weighted by atomic mass is 35.5. The minimum atomic E-state index is -0.330. The number of hydrogen-bond donors (Lipinski definition) is 1. The summed E-state index contributed by atoms with van der Waals surface area (Å²) in [6, 6.07) is 15.4. The van der Waals surface area contributed by atoms with Crippen LogP contribution in [-0.2, 0) is 13.1 Å². The van der Waals surface area contributed by atoms with E-state index < -0.39 is 0 Å². The molecule has 0 aromatic heterocycles. The van der Waals surface area contributed by atoms with E-state index in [2.05, 4.69) is 17.0 Å². The molecule has 0 bridgehead atoms. The van der Waals surface area contributed by atoms with Crippen molar-refractivity contribution in [2.75, 3.05) is 13.1 Å². The molecule has 124 valence electrons. The number of hydrogen-bond acceptors (Lipinski definition) is 4. The van der Waals surface area contributed by atoms with Gasteiger partial charge in [-0.2, -0.15) is 0 Å². The normalized spacial score (nSPS) is 10.4. The van der Waals surface area contributed by atoms with Gasteiger partial charge in [0.15, 0.2) is 0 Å². The zero-order valence-electron chi connectivity index (χ0n) is 13.1. The van der Waals surface area contributed by atoms with Crippen molar-refractivity contribution in [3.63, 3.8) is 0 Å². The Hall–Kier alpha value is -1.95. The molecule has 0 radical (unpaired) electrons. The molecule has 2 N–H and O–H groups in total. The van der Waals surface area contributed by atoms with E-state index in [0.29, 0.717) is 13.1 Å². The monoisotopic (exact) mass is 335 g/mol. The molecule has 0 amide bonds. The van der Waals surface area contributed by atoms with Crippen LogP contribution in [0.1, 0.15) is 16.7 Å². The third kappa shape index (κ3) is 5.32. The summed E-state index contributed by atoms with van der Waals surface area (Å²) in [4.78, 5) is 12.9. The van der Waals surface area contributed by atoms with Crippen LogP contribution in [-0.4, -0.2) is 22.9 Å². The molecule has 0 saturated heterocycles. The van der Waals surface area contributed by atoms with E-state index in [4.69, 9.17) is 5.73 Å². The van der Waals surface area contributed by atoms with Gasteiger partial charge in [0.05, 0.1) is 4.92 Å². The van der Waals surface area contributed by atoms with Crippen LogP contribution < -0.4 is 5.73 Å². The molecule has 0 aliphatic heterocycles. The average Bonchev–Trinajstić information content (AvgIpc) is 2.50. The third-order valence-corrected chi connectivity index (χ3v) is 3.70. The maximum Gasteiger partial charge on any atom is 0.272 e. The molecular formula is C17H22ClN3O2. The molecule has 0 atom stereocenters. The van der Waals surface area contributed by atoms with Gasteiger partial charge in [-0.15, -0.1) is 12.4 Å². The zero-order chi connectivity index (χ0) is 15.9. The van der Waals surface area contributed by atoms with Crippen molar-refractivity contribution in [1.82, 2.24) is 4.90 Å². The standard InChI is InChI=1S/C17H21N3O2.ClH/c1-14-16(8-5-9-17(14)20(21)22)13-19(11-10-18)12-15-6-3-2-4-7-15;/h2-9H,10-13,18H2,1H3;1H. The van der Waals surface area contributed by atoms with Crippen molar-refractivity contribution in [3.8, 4) is 0 Å². The van der Waals surface area contributed by atoms with Crippen LogP contribution >= 0.6 is 12.4 Å². The van der Waals surface area contributed by atoms with Crippen LogP contribution in [0.4, 0.5) is 5.69 Å². The number of nitrogens with two attached hydrogens (primary N) is 1. The van der Waals surface area contributed by atoms with Crippen LogP contribution in [0.3, 0.4) is 0 Å². The van der Waals surface area contributed by atoms with Crippen molar-refractivity contribution in [2.45, 2.75) is 20.0 Å². The van der Waals surface area contributed by atoms with Gasteiger partial charge in [-0.1, -0.05) is 42.5 Å². The summed E-state index contributed by atoms with van der Waals surface area (Å²) in [7, 11) is 0. The SMILES string of the molecule is Cc1c(CN(CCN)Cc2ccccc2)cccc1[N+](=O)[O-].Cl. The number of nitro benzene ring substituents is 1. The summed E-state index contributed by atoms with van der Waals surface area (Å²) in [5, 5.41) is 11.0. The number of benzene rings is 2. The fraction of sp³-hybridized carbons (Fsp3) is 0.294. The molecule has 6 heteroatoms. The highest BCUT2D eigenvalue weighted by Gasteiger charge is 2.15. The zero-order valence-corrected chi connectivity index (χ0v) is 14.0. The minimum absolute atomic E-state index is 0. The van der Waals surface area contributed by atoms with E-state index in [1.807, 2.05) is 24.3 Å². The maximum atomic E-state index is 11.0. The molecule has 2 aromatic carbocycles. The molecule has 0 spiro atoms. The van der Waals surface area contributed by atoms with Gasteiger partial charge >= 0.3 is 0 Å². The van der Waals surface area contributed by atoms with E-state index in [1.54, 1.807) is 19.1 Å². The van der Waals surface area contributed by atoms with Crippen LogP contribution in [0.2, 0.25) is 0 Å². The summed E-state index contributed by atoms with van der Waals surface area (Å²) in [6.45, 7) is 4.54. The lowest BCUT2D eigenvalue weighted by atomic mass is 10.1. The van der Waals surface area contributed by atoms with Crippen LogP contribution in [0.5, 0.6) is 0 Å². The maximum absolute atomic E-state index is 11.0. The number of rotatable bonds is 7. The van der Waals surface area contributed by atoms with E-state index >= 15 is 0 Å². The first-order chi connectivity index (χ1) is 10.6. The largest absolute Gasteiger partial charge is 0.329 e. The predicted molar refractivity (Wildman–Crippen MR) is 94.7 cm³/mol. The molecule has 0 saturated carbocycles. The van der Waals surface area contributed by atoms with Gasteiger partial charge in [0.1, 0.15) is 0 Å². The Balaban J connectivity index is 0.00000264. The summed E-state index contributed by atoms with van der Waals surface area (Å²) in [6.07, 6.45) is 0. The molecule has 23 heavy (non-hydrogen) atoms. The van der Waals surface area contributed by atoms with Gasteiger partial charge in [0.25, 0.3) is 5.69 Å². The Kier molecular flexibility index (Phi) is 7.68. The second-order valence-electron chi connectivity index (χ2n) is 5.30. The molecular weight excluding hydrogens is 314 g/mol. The molecule has 2 aromatic rings. The molecule has 0 aliphatic carbocycles. The highest BCUT2D eigenvalue weighted by molar-refractivity contribution is 5.85. The second-order valence-corrected chi connectivity index (χ2v) is 5.30. The summed E-state index contributed by atoms with van der Waals surface area (Å²) in [5.41, 5.74) is 8.78. The number of nitro groups is 1. The Morgan fingerprint density at radius 1 is 1.09 bits per heavy atom. The van der Waals surface area contributed by atoms with Crippen LogP contribution in [0, 0.1) is 17.0 Å². The fourth-order valence-corrected chi connectivity index (χ4v) is 2.52. The van der Waals surface area contributed by atoms with Crippen molar-refractivity contribution in [3.05, 3.63) is 75.3 Å². The van der Waals surface area contributed by atoms with Crippen molar-refractivity contribution >= 4 is 18.1 Å². The van der Waals surface area contributed by atoms with Crippen molar-refractivity contribution < 1.29 is 4.92 Å². The van der Waals surface area contributed by atoms with Crippen molar-refractivity contribution in [2.24, 2.45) is 5.73 Å². The third-order valence-electron chi connectivity index (χ3n) is 3.70. The molecule has 0 heterocycles. The fourth-order valence-electron chi connectivity index (χ4n) is 2.52. The van der Waals surface area contributed by atoms with Gasteiger partial charge in [-0.25, -0.2) is 0 Å². The molecule has 5 nitrogen and oxygen atoms in total. The van der Waals surface area contributed by atoms with Gasteiger partial charge in [-0.05, 0) is 18.1 Å². The summed E-state index contributed by atoms with van der Waals surface area (Å²) >= 11 is 0. The van der Waals surface area contributed by atoms with Gasteiger partial charge < -0.3 is 5.73 Å². The first kappa shape index (κ1) is 19.1. The Morgan fingerprint density at radius 3 is 2.39 bits per heavy atom. The van der Waals surface area contributed by atoms with Crippen LogP contribution in [0.15, 0.2) is 48.5 Å². The topological polar surface area (TPSA) is 72.4 Å². The lowest BCUT2D eigenvalue weighted by Gasteiger charge is -2.22. The lowest BCUT2D eigenvalue weighted by Crippen LogP contribution is -2.29. The van der Waals surface area contributed by atoms with Crippen molar-refractivity contribution in [1.29, 1.82) is 0 Å². The van der Waals surface area contributed by atoms with E-state index in [-0.39, 0.29) is 23.0 Å². The Morgan fingerprint density at radius 2 is 1.78 bits per heavy atom. The van der Waals surface area contributed by atoms with Gasteiger partial charge in [0, 0.05) is 37.8 Å². The predicted octanol–water partition coefficient (Wildman–Crippen LogP) is 3.29. The average molecular weight is 336 g/mol. The second kappa shape index (κ2) is 9.25. The number of halogens is 1. The van der Waals surface area contributed by atoms with Gasteiger partial charge in [0.2, 0.25) is 0 Å². The quantitative estimate of drug-likeness (QED) is 0.622. The Bertz CT molecular complexity index is 635. The summed E-state index contributed by atoms with van der Waals surface area (Å²) in [5.74, 6) is 0. The molecule has 0 aliphatic rings. The first-order valence-electron chi connectivity index (χ1n) is 7.31. The lowest BCUT2D eigenvalue weighted by molar-refractivity contribution is -0.385. The van der Waals surface area contributed by atoms with Crippen LogP contribution in [0.25, 0.3) is 0 Å². The number of nitrogens with zero attached hydrogens (tertiary/aromatic N) is 2.